The minimum Gasteiger partial charge on any atom is -0.493 e. The van der Waals surface area contributed by atoms with Crippen molar-refractivity contribution in [1.29, 1.82) is 0 Å². The van der Waals surface area contributed by atoms with Crippen molar-refractivity contribution in [3.8, 4) is 11.5 Å². The second-order valence-electron chi connectivity index (χ2n) is 4.01. The third kappa shape index (κ3) is 3.42. The molecule has 0 aliphatic heterocycles. The molecule has 0 radical (unpaired) electrons. The zero-order valence-electron chi connectivity index (χ0n) is 10.6. The Morgan fingerprint density at radius 1 is 1.19 bits per heavy atom. The molecule has 0 aromatic heterocycles. The first-order valence-corrected chi connectivity index (χ1v) is 5.75. The third-order valence-electron chi connectivity index (χ3n) is 2.85. The number of benzene rings is 1. The van der Waals surface area contributed by atoms with Gasteiger partial charge >= 0.3 is 0 Å². The molecule has 0 heterocycles. The van der Waals surface area contributed by atoms with Crippen LogP contribution in [0.1, 0.15) is 25.8 Å². The van der Waals surface area contributed by atoms with Gasteiger partial charge in [-0.2, -0.15) is 0 Å². The van der Waals surface area contributed by atoms with Crippen LogP contribution in [0.5, 0.6) is 11.5 Å². The van der Waals surface area contributed by atoms with Gasteiger partial charge in [0.15, 0.2) is 11.5 Å². The van der Waals surface area contributed by atoms with Gasteiger partial charge in [0.1, 0.15) is 6.54 Å². The van der Waals surface area contributed by atoms with Gasteiger partial charge in [-0.3, -0.25) is 0 Å². The second kappa shape index (κ2) is 6.38. The Morgan fingerprint density at radius 3 is 2.44 bits per heavy atom. The first-order chi connectivity index (χ1) is 7.71. The van der Waals surface area contributed by atoms with Crippen LogP contribution in [-0.4, -0.2) is 20.3 Å². The van der Waals surface area contributed by atoms with Gasteiger partial charge in [0.25, 0.3) is 0 Å². The van der Waals surface area contributed by atoms with Gasteiger partial charge in [-0.25, -0.2) is 0 Å². The van der Waals surface area contributed by atoms with Crippen LogP contribution in [0.25, 0.3) is 0 Å². The lowest BCUT2D eigenvalue weighted by atomic mass is 10.2. The van der Waals surface area contributed by atoms with Crippen LogP contribution in [0.2, 0.25) is 0 Å². The Balaban J connectivity index is 2.67. The lowest BCUT2D eigenvalue weighted by molar-refractivity contribution is -0.701. The summed E-state index contributed by atoms with van der Waals surface area (Å²) in [5.41, 5.74) is 1.26. The minimum atomic E-state index is 0.660. The van der Waals surface area contributed by atoms with Crippen molar-refractivity contribution in [2.75, 3.05) is 14.2 Å². The molecular formula is C13H22NO2+. The molecule has 0 bridgehead atoms. The Bertz CT molecular complexity index is 326. The summed E-state index contributed by atoms with van der Waals surface area (Å²) in [4.78, 5) is 0. The highest BCUT2D eigenvalue weighted by Crippen LogP contribution is 2.27. The lowest BCUT2D eigenvalue weighted by Crippen LogP contribution is -2.87. The number of rotatable bonds is 6. The molecule has 2 N–H and O–H groups in total. The molecule has 1 aromatic rings. The van der Waals surface area contributed by atoms with E-state index in [-0.39, 0.29) is 0 Å². The van der Waals surface area contributed by atoms with Gasteiger partial charge in [-0.05, 0) is 31.5 Å². The average Bonchev–Trinajstić information content (AvgIpc) is 2.35. The molecule has 90 valence electrons. The second-order valence-corrected chi connectivity index (χ2v) is 4.01. The molecule has 0 spiro atoms. The zero-order valence-corrected chi connectivity index (χ0v) is 10.6. The maximum atomic E-state index is 5.27. The molecule has 3 nitrogen and oxygen atoms in total. The van der Waals surface area contributed by atoms with Gasteiger partial charge < -0.3 is 14.8 Å². The molecule has 0 unspecified atom stereocenters. The number of quaternary nitrogens is 1. The summed E-state index contributed by atoms with van der Waals surface area (Å²) in [6.45, 7) is 5.42. The Kier molecular flexibility index (Phi) is 5.12. The molecule has 1 rings (SSSR count). The van der Waals surface area contributed by atoms with E-state index in [1.54, 1.807) is 14.2 Å². The van der Waals surface area contributed by atoms with Crippen LogP contribution in [0, 0.1) is 0 Å². The van der Waals surface area contributed by atoms with Gasteiger partial charge in [-0.1, -0.05) is 6.92 Å². The molecule has 16 heavy (non-hydrogen) atoms. The predicted molar refractivity (Wildman–Crippen MR) is 64.9 cm³/mol. The van der Waals surface area contributed by atoms with E-state index in [9.17, 15) is 0 Å². The van der Waals surface area contributed by atoms with Crippen LogP contribution < -0.4 is 14.8 Å². The fraction of sp³-hybridized carbons (Fsp3) is 0.538. The molecule has 0 amide bonds. The largest absolute Gasteiger partial charge is 0.493 e. The lowest BCUT2D eigenvalue weighted by Gasteiger charge is -2.11. The predicted octanol–water partition coefficient (Wildman–Crippen LogP) is 1.57. The van der Waals surface area contributed by atoms with Gasteiger partial charge in [-0.15, -0.1) is 0 Å². The number of hydrogen-bond acceptors (Lipinski definition) is 2. The van der Waals surface area contributed by atoms with Gasteiger partial charge in [0.05, 0.1) is 20.3 Å². The summed E-state index contributed by atoms with van der Waals surface area (Å²) >= 11 is 0. The van der Waals surface area contributed by atoms with Crippen molar-refractivity contribution in [2.45, 2.75) is 32.9 Å². The highest BCUT2D eigenvalue weighted by Gasteiger charge is 2.07. The number of methoxy groups -OCH3 is 2. The monoisotopic (exact) mass is 224 g/mol. The molecule has 0 aliphatic carbocycles. The number of hydrogen-bond donors (Lipinski definition) is 1. The summed E-state index contributed by atoms with van der Waals surface area (Å²) in [6.07, 6.45) is 1.19. The molecule has 0 saturated carbocycles. The minimum absolute atomic E-state index is 0.660. The van der Waals surface area contributed by atoms with Crippen molar-refractivity contribution in [1.82, 2.24) is 0 Å². The smallest absolute Gasteiger partial charge is 0.161 e. The number of ether oxygens (including phenoxy) is 2. The highest BCUT2D eigenvalue weighted by atomic mass is 16.5. The average molecular weight is 224 g/mol. The Labute approximate surface area is 97.8 Å². The van der Waals surface area contributed by atoms with E-state index in [0.29, 0.717) is 6.04 Å². The van der Waals surface area contributed by atoms with Crippen molar-refractivity contribution in [3.05, 3.63) is 23.8 Å². The van der Waals surface area contributed by atoms with Gasteiger partial charge in [0, 0.05) is 5.56 Å². The number of nitrogens with two attached hydrogens (primary N) is 1. The summed E-state index contributed by atoms with van der Waals surface area (Å²) < 4.78 is 10.5. The summed E-state index contributed by atoms with van der Waals surface area (Å²) in [5, 5.41) is 2.33. The van der Waals surface area contributed by atoms with Crippen LogP contribution in [0.4, 0.5) is 0 Å². The maximum absolute atomic E-state index is 5.27. The van der Waals surface area contributed by atoms with E-state index in [1.807, 2.05) is 12.1 Å². The Hall–Kier alpha value is -1.22. The van der Waals surface area contributed by atoms with E-state index in [1.165, 1.54) is 12.0 Å². The fourth-order valence-electron chi connectivity index (χ4n) is 1.51. The first-order valence-electron chi connectivity index (χ1n) is 5.75. The molecule has 0 fully saturated rings. The molecule has 1 aromatic carbocycles. The van der Waals surface area contributed by atoms with E-state index < -0.39 is 0 Å². The molecular weight excluding hydrogens is 202 g/mol. The SMILES string of the molecule is CC[C@H](C)[NH2+]Cc1ccc(OC)c(OC)c1. The van der Waals surface area contributed by atoms with Crippen molar-refractivity contribution < 1.29 is 14.8 Å². The van der Waals surface area contributed by atoms with E-state index in [4.69, 9.17) is 9.47 Å². The third-order valence-corrected chi connectivity index (χ3v) is 2.85. The Morgan fingerprint density at radius 2 is 1.88 bits per heavy atom. The first kappa shape index (κ1) is 12.8. The summed E-state index contributed by atoms with van der Waals surface area (Å²) in [7, 11) is 3.32. The summed E-state index contributed by atoms with van der Waals surface area (Å²) in [6, 6.07) is 6.74. The molecule has 0 saturated heterocycles. The fourth-order valence-corrected chi connectivity index (χ4v) is 1.51. The van der Waals surface area contributed by atoms with E-state index >= 15 is 0 Å². The van der Waals surface area contributed by atoms with Crippen LogP contribution in [0.3, 0.4) is 0 Å². The summed E-state index contributed by atoms with van der Waals surface area (Å²) in [5.74, 6) is 1.59. The van der Waals surface area contributed by atoms with Crippen LogP contribution in [-0.2, 0) is 6.54 Å². The standard InChI is InChI=1S/C13H21NO2/c1-5-10(2)14-9-11-6-7-12(15-3)13(8-11)16-4/h6-8,10,14H,5,9H2,1-4H3/p+1/t10-/m0/s1. The maximum Gasteiger partial charge on any atom is 0.161 e. The van der Waals surface area contributed by atoms with E-state index in [2.05, 4.69) is 25.2 Å². The van der Waals surface area contributed by atoms with Crippen LogP contribution in [0.15, 0.2) is 18.2 Å². The molecule has 3 heteroatoms. The quantitative estimate of drug-likeness (QED) is 0.796. The van der Waals surface area contributed by atoms with Crippen molar-refractivity contribution >= 4 is 0 Å². The zero-order chi connectivity index (χ0) is 12.0. The van der Waals surface area contributed by atoms with Gasteiger partial charge in [0.2, 0.25) is 0 Å². The molecule has 0 aliphatic rings. The highest BCUT2D eigenvalue weighted by molar-refractivity contribution is 5.42. The van der Waals surface area contributed by atoms with Crippen molar-refractivity contribution in [3.63, 3.8) is 0 Å². The molecule has 1 atom stereocenters. The van der Waals surface area contributed by atoms with Crippen LogP contribution >= 0.6 is 0 Å². The van der Waals surface area contributed by atoms with E-state index in [0.717, 1.165) is 18.0 Å². The normalized spacial score (nSPS) is 12.2. The van der Waals surface area contributed by atoms with Crippen molar-refractivity contribution in [2.24, 2.45) is 0 Å². The topological polar surface area (TPSA) is 35.1 Å².